The Hall–Kier alpha value is -0.970. The van der Waals surface area contributed by atoms with Gasteiger partial charge >= 0.3 is 6.09 Å². The summed E-state index contributed by atoms with van der Waals surface area (Å²) in [4.78, 5) is 11.7. The van der Waals surface area contributed by atoms with Gasteiger partial charge in [-0.2, -0.15) is 0 Å². The number of carbonyl (C=O) groups excluding carboxylic acids is 1. The van der Waals surface area contributed by atoms with Crippen LogP contribution in [-0.2, 0) is 4.74 Å². The maximum Gasteiger partial charge on any atom is 0.407 e. The van der Waals surface area contributed by atoms with E-state index < -0.39 is 11.7 Å². The molecule has 1 aromatic carbocycles. The third kappa shape index (κ3) is 4.06. The van der Waals surface area contributed by atoms with E-state index in [0.29, 0.717) is 16.6 Å². The van der Waals surface area contributed by atoms with Crippen LogP contribution in [0.2, 0.25) is 10.0 Å². The zero-order valence-corrected chi connectivity index (χ0v) is 14.5. The van der Waals surface area contributed by atoms with Crippen molar-refractivity contribution in [3.05, 3.63) is 33.8 Å². The standard InChI is InChI=1S/C16H21Cl2NO3/c1-15(2,3)22-14(21)19-8-16(9-20)7-11(16)10-4-5-12(17)13(18)6-10/h4-6,11,20H,7-9H2,1-3H3,(H,19,21). The molecule has 0 spiro atoms. The van der Waals surface area contributed by atoms with Crippen molar-refractivity contribution in [3.63, 3.8) is 0 Å². The van der Waals surface area contributed by atoms with Crippen LogP contribution in [-0.4, -0.2) is 30.0 Å². The van der Waals surface area contributed by atoms with Gasteiger partial charge in [-0.1, -0.05) is 29.3 Å². The normalized spacial score (nSPS) is 24.0. The van der Waals surface area contributed by atoms with Crippen LogP contribution in [0.3, 0.4) is 0 Å². The van der Waals surface area contributed by atoms with Crippen molar-refractivity contribution in [1.29, 1.82) is 0 Å². The summed E-state index contributed by atoms with van der Waals surface area (Å²) in [5.41, 5.74) is 0.131. The average molecular weight is 346 g/mol. The minimum atomic E-state index is -0.539. The van der Waals surface area contributed by atoms with Crippen LogP contribution < -0.4 is 5.32 Å². The van der Waals surface area contributed by atoms with Crippen LogP contribution in [0.5, 0.6) is 0 Å². The number of amides is 1. The van der Waals surface area contributed by atoms with E-state index in [-0.39, 0.29) is 17.9 Å². The third-order valence-corrected chi connectivity index (χ3v) is 4.57. The molecule has 1 amide bonds. The number of nitrogens with one attached hydrogen (secondary N) is 1. The molecule has 2 unspecified atom stereocenters. The Labute approximate surface area is 140 Å². The first-order valence-corrected chi connectivity index (χ1v) is 7.95. The zero-order valence-electron chi connectivity index (χ0n) is 13.0. The van der Waals surface area contributed by atoms with Gasteiger partial charge in [0.25, 0.3) is 0 Å². The number of carbonyl (C=O) groups is 1. The average Bonchev–Trinajstić information content (AvgIpc) is 3.13. The number of aliphatic hydroxyl groups excluding tert-OH is 1. The Bertz CT molecular complexity index is 571. The molecule has 4 nitrogen and oxygen atoms in total. The van der Waals surface area contributed by atoms with Crippen molar-refractivity contribution in [2.45, 2.75) is 38.7 Å². The maximum atomic E-state index is 11.7. The van der Waals surface area contributed by atoms with Gasteiger partial charge in [0.1, 0.15) is 5.60 Å². The van der Waals surface area contributed by atoms with Crippen molar-refractivity contribution >= 4 is 29.3 Å². The van der Waals surface area contributed by atoms with E-state index in [0.717, 1.165) is 12.0 Å². The largest absolute Gasteiger partial charge is 0.444 e. The summed E-state index contributed by atoms with van der Waals surface area (Å²) in [6.07, 6.45) is 0.317. The minimum Gasteiger partial charge on any atom is -0.444 e. The highest BCUT2D eigenvalue weighted by Gasteiger charge is 2.54. The lowest BCUT2D eigenvalue weighted by atomic mass is 10.00. The smallest absolute Gasteiger partial charge is 0.407 e. The number of aliphatic hydroxyl groups is 1. The molecule has 0 aromatic heterocycles. The highest BCUT2D eigenvalue weighted by atomic mass is 35.5. The molecule has 1 aliphatic carbocycles. The summed E-state index contributed by atoms with van der Waals surface area (Å²) in [5, 5.41) is 13.5. The second kappa shape index (κ2) is 6.26. The van der Waals surface area contributed by atoms with Crippen molar-refractivity contribution in [1.82, 2.24) is 5.32 Å². The Morgan fingerprint density at radius 1 is 1.41 bits per heavy atom. The van der Waals surface area contributed by atoms with Crippen molar-refractivity contribution in [2.75, 3.05) is 13.2 Å². The number of hydrogen-bond acceptors (Lipinski definition) is 3. The van der Waals surface area contributed by atoms with Crippen LogP contribution in [0, 0.1) is 5.41 Å². The lowest BCUT2D eigenvalue weighted by molar-refractivity contribution is 0.0506. The molecule has 1 aliphatic rings. The number of hydrogen-bond donors (Lipinski definition) is 2. The van der Waals surface area contributed by atoms with Crippen LogP contribution >= 0.6 is 23.2 Å². The molecule has 0 aliphatic heterocycles. The molecule has 6 heteroatoms. The number of rotatable bonds is 4. The Morgan fingerprint density at radius 2 is 2.09 bits per heavy atom. The summed E-state index contributed by atoms with van der Waals surface area (Å²) < 4.78 is 5.21. The van der Waals surface area contributed by atoms with Gasteiger partial charge in [0.05, 0.1) is 16.7 Å². The first-order valence-electron chi connectivity index (χ1n) is 7.19. The van der Waals surface area contributed by atoms with E-state index in [1.54, 1.807) is 6.07 Å². The first kappa shape index (κ1) is 17.4. The zero-order chi connectivity index (χ0) is 16.5. The molecule has 0 radical (unpaired) electrons. The fourth-order valence-corrected chi connectivity index (χ4v) is 2.84. The molecule has 0 heterocycles. The van der Waals surface area contributed by atoms with Crippen LogP contribution in [0.4, 0.5) is 4.79 Å². The second-order valence-electron chi connectivity index (χ2n) is 6.81. The van der Waals surface area contributed by atoms with Crippen molar-refractivity contribution in [2.24, 2.45) is 5.41 Å². The SMILES string of the molecule is CC(C)(C)OC(=O)NCC1(CO)CC1c1ccc(Cl)c(Cl)c1. The summed E-state index contributed by atoms with van der Waals surface area (Å²) in [7, 11) is 0. The topological polar surface area (TPSA) is 58.6 Å². The highest BCUT2D eigenvalue weighted by Crippen LogP contribution is 2.59. The van der Waals surface area contributed by atoms with Crippen LogP contribution in [0.15, 0.2) is 18.2 Å². The highest BCUT2D eigenvalue weighted by molar-refractivity contribution is 6.42. The number of alkyl carbamates (subject to hydrolysis) is 1. The van der Waals surface area contributed by atoms with Gasteiger partial charge in [0, 0.05) is 12.0 Å². The summed E-state index contributed by atoms with van der Waals surface area (Å²) in [5.74, 6) is 0.155. The van der Waals surface area contributed by atoms with Crippen molar-refractivity contribution in [3.8, 4) is 0 Å². The summed E-state index contributed by atoms with van der Waals surface area (Å²) >= 11 is 12.0. The number of ether oxygens (including phenoxy) is 1. The number of halogens is 2. The van der Waals surface area contributed by atoms with Crippen LogP contribution in [0.25, 0.3) is 0 Å². The van der Waals surface area contributed by atoms with E-state index in [1.807, 2.05) is 32.9 Å². The molecule has 122 valence electrons. The van der Waals surface area contributed by atoms with Gasteiger partial charge in [-0.3, -0.25) is 0 Å². The molecule has 1 aromatic rings. The predicted molar refractivity (Wildman–Crippen MR) is 87.6 cm³/mol. The van der Waals surface area contributed by atoms with E-state index in [4.69, 9.17) is 27.9 Å². The third-order valence-electron chi connectivity index (χ3n) is 3.83. The molecule has 2 atom stereocenters. The molecule has 2 rings (SSSR count). The molecule has 1 fully saturated rings. The number of benzene rings is 1. The summed E-state index contributed by atoms with van der Waals surface area (Å²) in [6.45, 7) is 5.79. The summed E-state index contributed by atoms with van der Waals surface area (Å²) in [6, 6.07) is 5.48. The molecule has 22 heavy (non-hydrogen) atoms. The molecular weight excluding hydrogens is 325 g/mol. The first-order chi connectivity index (χ1) is 10.2. The lowest BCUT2D eigenvalue weighted by Crippen LogP contribution is -2.37. The van der Waals surface area contributed by atoms with E-state index in [9.17, 15) is 9.90 Å². The van der Waals surface area contributed by atoms with Gasteiger partial charge < -0.3 is 15.2 Å². The molecule has 0 saturated heterocycles. The van der Waals surface area contributed by atoms with E-state index >= 15 is 0 Å². The quantitative estimate of drug-likeness (QED) is 0.867. The van der Waals surface area contributed by atoms with Gasteiger partial charge in [-0.15, -0.1) is 0 Å². The Morgan fingerprint density at radius 3 is 2.64 bits per heavy atom. The fraction of sp³-hybridized carbons (Fsp3) is 0.562. The Kier molecular flexibility index (Phi) is 4.95. The van der Waals surface area contributed by atoms with Gasteiger partial charge in [-0.05, 0) is 50.8 Å². The van der Waals surface area contributed by atoms with Crippen LogP contribution in [0.1, 0.15) is 38.7 Å². The van der Waals surface area contributed by atoms with Gasteiger partial charge in [0.15, 0.2) is 0 Å². The fourth-order valence-electron chi connectivity index (χ4n) is 2.54. The second-order valence-corrected chi connectivity index (χ2v) is 7.62. The minimum absolute atomic E-state index is 0.00624. The molecule has 0 bridgehead atoms. The molecule has 2 N–H and O–H groups in total. The van der Waals surface area contributed by atoms with Gasteiger partial charge in [-0.25, -0.2) is 4.79 Å². The maximum absolute atomic E-state index is 11.7. The lowest BCUT2D eigenvalue weighted by Gasteiger charge is -2.21. The molecule has 1 saturated carbocycles. The molecular formula is C16H21Cl2NO3. The van der Waals surface area contributed by atoms with E-state index in [2.05, 4.69) is 5.32 Å². The van der Waals surface area contributed by atoms with Gasteiger partial charge in [0.2, 0.25) is 0 Å². The monoisotopic (exact) mass is 345 g/mol. The Balaban J connectivity index is 1.98. The predicted octanol–water partition coefficient (Wildman–Crippen LogP) is 3.98. The van der Waals surface area contributed by atoms with Crippen molar-refractivity contribution < 1.29 is 14.6 Å². The van der Waals surface area contributed by atoms with E-state index in [1.165, 1.54) is 0 Å².